The Morgan fingerprint density at radius 2 is 2.00 bits per heavy atom. The molecule has 0 amide bonds. The number of rotatable bonds is 1. The van der Waals surface area contributed by atoms with Gasteiger partial charge < -0.3 is 4.74 Å². The minimum atomic E-state index is -1.36. The Labute approximate surface area is 108 Å². The fraction of sp³-hybridized carbons (Fsp3) is 0.0909. The number of methoxy groups -OCH3 is 1. The molecule has 0 saturated heterocycles. The van der Waals surface area contributed by atoms with E-state index < -0.39 is 28.8 Å². The van der Waals surface area contributed by atoms with Crippen molar-refractivity contribution in [3.63, 3.8) is 0 Å². The molecule has 94 valence electrons. The van der Waals surface area contributed by atoms with Crippen LogP contribution >= 0.6 is 15.9 Å². The second-order valence-corrected chi connectivity index (χ2v) is 4.15. The third-order valence-electron chi connectivity index (χ3n) is 2.33. The van der Waals surface area contributed by atoms with Crippen LogP contribution in [0.5, 0.6) is 0 Å². The van der Waals surface area contributed by atoms with Crippen LogP contribution in [0.2, 0.25) is 0 Å². The maximum atomic E-state index is 13.6. The molecule has 0 bridgehead atoms. The van der Waals surface area contributed by atoms with Crippen molar-refractivity contribution in [3.8, 4) is 0 Å². The number of nitrogens with zero attached hydrogens (tertiary/aromatic N) is 1. The summed E-state index contributed by atoms with van der Waals surface area (Å²) < 4.78 is 44.5. The summed E-state index contributed by atoms with van der Waals surface area (Å²) in [6.07, 6.45) is 1.03. The lowest BCUT2D eigenvalue weighted by Gasteiger charge is -2.07. The average Bonchev–Trinajstić information content (AvgIpc) is 2.35. The molecule has 0 fully saturated rings. The topological polar surface area (TPSA) is 39.2 Å². The lowest BCUT2D eigenvalue weighted by Crippen LogP contribution is -2.05. The quantitative estimate of drug-likeness (QED) is 0.598. The van der Waals surface area contributed by atoms with Gasteiger partial charge in [-0.2, -0.15) is 0 Å². The third kappa shape index (κ3) is 1.84. The van der Waals surface area contributed by atoms with Gasteiger partial charge in [0, 0.05) is 16.7 Å². The molecule has 7 heteroatoms. The number of pyridine rings is 1. The van der Waals surface area contributed by atoms with Crippen molar-refractivity contribution in [1.29, 1.82) is 0 Å². The van der Waals surface area contributed by atoms with E-state index in [1.807, 2.05) is 0 Å². The Balaban J connectivity index is 2.89. The van der Waals surface area contributed by atoms with Gasteiger partial charge in [0.05, 0.1) is 18.1 Å². The number of halogens is 4. The number of carbonyl (C=O) groups is 1. The largest absolute Gasteiger partial charge is 0.465 e. The van der Waals surface area contributed by atoms with Gasteiger partial charge in [0.25, 0.3) is 0 Å². The first-order valence-electron chi connectivity index (χ1n) is 4.67. The smallest absolute Gasteiger partial charge is 0.340 e. The van der Waals surface area contributed by atoms with E-state index in [1.165, 1.54) is 0 Å². The maximum Gasteiger partial charge on any atom is 0.340 e. The maximum absolute atomic E-state index is 13.6. The molecule has 1 aromatic carbocycles. The summed E-state index contributed by atoms with van der Waals surface area (Å²) in [5.74, 6) is -4.44. The van der Waals surface area contributed by atoms with Crippen LogP contribution < -0.4 is 0 Å². The van der Waals surface area contributed by atoms with Crippen LogP contribution in [0.25, 0.3) is 10.9 Å². The molecular formula is C11H5BrF3NO2. The number of esters is 1. The van der Waals surface area contributed by atoms with Gasteiger partial charge in [-0.05, 0) is 15.9 Å². The van der Waals surface area contributed by atoms with Crippen LogP contribution in [-0.4, -0.2) is 18.1 Å². The summed E-state index contributed by atoms with van der Waals surface area (Å²) >= 11 is 2.93. The molecule has 0 radical (unpaired) electrons. The molecule has 0 aliphatic carbocycles. The molecule has 2 rings (SSSR count). The first kappa shape index (κ1) is 12.8. The lowest BCUT2D eigenvalue weighted by atomic mass is 10.1. The number of aromatic nitrogens is 1. The van der Waals surface area contributed by atoms with Crippen molar-refractivity contribution < 1.29 is 22.7 Å². The van der Waals surface area contributed by atoms with Gasteiger partial charge in [0.1, 0.15) is 5.52 Å². The van der Waals surface area contributed by atoms with Crippen LogP contribution in [0.4, 0.5) is 13.2 Å². The van der Waals surface area contributed by atoms with E-state index in [4.69, 9.17) is 0 Å². The molecule has 0 saturated carbocycles. The van der Waals surface area contributed by atoms with Gasteiger partial charge in [-0.3, -0.25) is 4.98 Å². The van der Waals surface area contributed by atoms with E-state index in [9.17, 15) is 18.0 Å². The zero-order valence-electron chi connectivity index (χ0n) is 8.93. The zero-order valence-corrected chi connectivity index (χ0v) is 10.5. The minimum absolute atomic E-state index is 0.102. The monoisotopic (exact) mass is 319 g/mol. The number of benzene rings is 1. The Hall–Kier alpha value is -1.63. The number of fused-ring (bicyclic) bond motifs is 1. The molecule has 0 atom stereocenters. The van der Waals surface area contributed by atoms with E-state index in [-0.39, 0.29) is 15.6 Å². The van der Waals surface area contributed by atoms with Crippen molar-refractivity contribution in [3.05, 3.63) is 39.8 Å². The summed E-state index contributed by atoms with van der Waals surface area (Å²) in [5.41, 5.74) is -0.484. The van der Waals surface area contributed by atoms with Crippen molar-refractivity contribution >= 4 is 32.8 Å². The van der Waals surface area contributed by atoms with Crippen molar-refractivity contribution in [2.75, 3.05) is 7.11 Å². The molecule has 0 unspecified atom stereocenters. The SMILES string of the molecule is COC(=O)c1cnc2c(F)cc(F)c(F)c2c1Br. The molecular weight excluding hydrogens is 315 g/mol. The standard InChI is InChI=1S/C11H5BrF3NO2/c1-18-11(17)4-3-16-10-6(14)2-5(13)9(15)7(10)8(4)12/h2-3H,1H3. The predicted octanol–water partition coefficient (Wildman–Crippen LogP) is 3.20. The second-order valence-electron chi connectivity index (χ2n) is 3.36. The van der Waals surface area contributed by atoms with Gasteiger partial charge >= 0.3 is 5.97 Å². The highest BCUT2D eigenvalue weighted by Gasteiger charge is 2.21. The molecule has 0 aliphatic rings. The number of hydrogen-bond donors (Lipinski definition) is 0. The van der Waals surface area contributed by atoms with Crippen molar-refractivity contribution in [1.82, 2.24) is 4.98 Å². The molecule has 1 aromatic heterocycles. The Kier molecular flexibility index (Phi) is 3.25. The van der Waals surface area contributed by atoms with Gasteiger partial charge in [-0.25, -0.2) is 18.0 Å². The average molecular weight is 320 g/mol. The summed E-state index contributed by atoms with van der Waals surface area (Å²) in [6.45, 7) is 0. The molecule has 0 spiro atoms. The molecule has 2 aromatic rings. The zero-order chi connectivity index (χ0) is 13.4. The number of carbonyl (C=O) groups excluding carboxylic acids is 1. The van der Waals surface area contributed by atoms with E-state index >= 15 is 0 Å². The van der Waals surface area contributed by atoms with E-state index in [2.05, 4.69) is 25.7 Å². The Morgan fingerprint density at radius 1 is 1.33 bits per heavy atom. The molecule has 3 nitrogen and oxygen atoms in total. The summed E-state index contributed by atoms with van der Waals surface area (Å²) in [7, 11) is 1.13. The van der Waals surface area contributed by atoms with Crippen LogP contribution in [0.3, 0.4) is 0 Å². The third-order valence-corrected chi connectivity index (χ3v) is 3.15. The highest BCUT2D eigenvalue weighted by Crippen LogP contribution is 2.31. The van der Waals surface area contributed by atoms with Crippen LogP contribution in [0.1, 0.15) is 10.4 Å². The Morgan fingerprint density at radius 3 is 2.61 bits per heavy atom. The summed E-state index contributed by atoms with van der Waals surface area (Å²) in [6, 6.07) is 0.398. The van der Waals surface area contributed by atoms with E-state index in [1.54, 1.807) is 0 Å². The fourth-order valence-electron chi connectivity index (χ4n) is 1.48. The van der Waals surface area contributed by atoms with Gasteiger partial charge in [0.15, 0.2) is 17.5 Å². The molecule has 0 N–H and O–H groups in total. The first-order chi connectivity index (χ1) is 8.47. The summed E-state index contributed by atoms with van der Waals surface area (Å²) in [5, 5.41) is -0.435. The Bertz CT molecular complexity index is 661. The molecule has 18 heavy (non-hydrogen) atoms. The van der Waals surface area contributed by atoms with Gasteiger partial charge in [-0.15, -0.1) is 0 Å². The number of ether oxygens (including phenoxy) is 1. The molecule has 0 aliphatic heterocycles. The second kappa shape index (κ2) is 4.56. The van der Waals surface area contributed by atoms with E-state index in [0.717, 1.165) is 13.3 Å². The predicted molar refractivity (Wildman–Crippen MR) is 60.7 cm³/mol. The minimum Gasteiger partial charge on any atom is -0.465 e. The van der Waals surface area contributed by atoms with Crippen molar-refractivity contribution in [2.45, 2.75) is 0 Å². The lowest BCUT2D eigenvalue weighted by molar-refractivity contribution is 0.0599. The van der Waals surface area contributed by atoms with Crippen molar-refractivity contribution in [2.24, 2.45) is 0 Å². The van der Waals surface area contributed by atoms with Gasteiger partial charge in [0.2, 0.25) is 0 Å². The fourth-order valence-corrected chi connectivity index (χ4v) is 2.11. The number of hydrogen-bond acceptors (Lipinski definition) is 3. The van der Waals surface area contributed by atoms with Crippen LogP contribution in [0, 0.1) is 17.5 Å². The highest BCUT2D eigenvalue weighted by atomic mass is 79.9. The highest BCUT2D eigenvalue weighted by molar-refractivity contribution is 9.10. The van der Waals surface area contributed by atoms with Crippen LogP contribution in [0.15, 0.2) is 16.7 Å². The normalized spacial score (nSPS) is 10.7. The molecule has 1 heterocycles. The van der Waals surface area contributed by atoms with E-state index in [0.29, 0.717) is 6.07 Å². The van der Waals surface area contributed by atoms with Crippen LogP contribution in [-0.2, 0) is 4.74 Å². The first-order valence-corrected chi connectivity index (χ1v) is 5.46. The van der Waals surface area contributed by atoms with Gasteiger partial charge in [-0.1, -0.05) is 0 Å². The summed E-state index contributed by atoms with van der Waals surface area (Å²) in [4.78, 5) is 15.0.